The summed E-state index contributed by atoms with van der Waals surface area (Å²) in [4.78, 5) is 15.2. The third-order valence-corrected chi connectivity index (χ3v) is 3.81. The van der Waals surface area contributed by atoms with E-state index >= 15 is 0 Å². The Morgan fingerprint density at radius 3 is 2.95 bits per heavy atom. The summed E-state index contributed by atoms with van der Waals surface area (Å²) in [6.45, 7) is 5.59. The van der Waals surface area contributed by atoms with Crippen LogP contribution in [0.3, 0.4) is 0 Å². The van der Waals surface area contributed by atoms with Crippen molar-refractivity contribution in [3.8, 4) is 0 Å². The Morgan fingerprint density at radius 2 is 2.20 bits per heavy atom. The fraction of sp³-hybridized carbons (Fsp3) is 0.538. The Labute approximate surface area is 122 Å². The van der Waals surface area contributed by atoms with Gasteiger partial charge in [0.1, 0.15) is 16.7 Å². The molecule has 0 spiro atoms. The number of aromatic nitrogens is 5. The molecule has 0 bridgehead atoms. The predicted octanol–water partition coefficient (Wildman–Crippen LogP) is 2.25. The molecule has 0 radical (unpaired) electrons. The largest absolute Gasteiger partial charge is 0.355 e. The van der Waals surface area contributed by atoms with Gasteiger partial charge < -0.3 is 4.90 Å². The van der Waals surface area contributed by atoms with Crippen molar-refractivity contribution in [1.29, 1.82) is 0 Å². The second kappa shape index (κ2) is 5.36. The number of anilines is 1. The molecule has 106 valence electrons. The van der Waals surface area contributed by atoms with Crippen LogP contribution in [0.5, 0.6) is 0 Å². The molecule has 20 heavy (non-hydrogen) atoms. The van der Waals surface area contributed by atoms with Crippen LogP contribution in [0.2, 0.25) is 5.02 Å². The molecule has 2 aromatic heterocycles. The zero-order chi connectivity index (χ0) is 14.1. The molecular formula is C13H17ClN6. The van der Waals surface area contributed by atoms with Gasteiger partial charge in [-0.1, -0.05) is 11.6 Å². The third-order valence-electron chi connectivity index (χ3n) is 3.55. The molecule has 1 N–H and O–H groups in total. The van der Waals surface area contributed by atoms with Crippen LogP contribution in [0.4, 0.5) is 5.82 Å². The second-order valence-electron chi connectivity index (χ2n) is 5.15. The maximum atomic E-state index is 6.22. The molecular weight excluding hydrogens is 276 g/mol. The lowest BCUT2D eigenvalue weighted by Gasteiger charge is -2.32. The standard InChI is InChI=1S/C13H17ClN6/c1-8-15-6-11(14)13(17-8)20-5-3-4-10(7-20)12-16-9(2)18-19-12/h6,10H,3-5,7H2,1-2H3,(H,16,18,19). The molecule has 0 saturated carbocycles. The number of nitrogens with zero attached hydrogens (tertiary/aromatic N) is 5. The highest BCUT2D eigenvalue weighted by Gasteiger charge is 2.26. The van der Waals surface area contributed by atoms with Gasteiger partial charge in [-0.05, 0) is 26.7 Å². The van der Waals surface area contributed by atoms with E-state index in [0.717, 1.165) is 49.2 Å². The number of halogens is 1. The number of H-pyrrole nitrogens is 1. The van der Waals surface area contributed by atoms with Gasteiger partial charge in [0.05, 0.1) is 6.20 Å². The molecule has 0 aromatic carbocycles. The summed E-state index contributed by atoms with van der Waals surface area (Å²) in [7, 11) is 0. The van der Waals surface area contributed by atoms with Crippen molar-refractivity contribution in [3.05, 3.63) is 28.7 Å². The average Bonchev–Trinajstić information content (AvgIpc) is 2.88. The molecule has 6 nitrogen and oxygen atoms in total. The summed E-state index contributed by atoms with van der Waals surface area (Å²) in [6.07, 6.45) is 3.84. The van der Waals surface area contributed by atoms with E-state index in [0.29, 0.717) is 10.9 Å². The summed E-state index contributed by atoms with van der Waals surface area (Å²) < 4.78 is 0. The van der Waals surface area contributed by atoms with Gasteiger partial charge in [-0.25, -0.2) is 15.0 Å². The van der Waals surface area contributed by atoms with E-state index in [1.165, 1.54) is 0 Å². The number of hydrogen-bond donors (Lipinski definition) is 1. The predicted molar refractivity (Wildman–Crippen MR) is 77.1 cm³/mol. The van der Waals surface area contributed by atoms with Gasteiger partial charge in [0, 0.05) is 19.0 Å². The monoisotopic (exact) mass is 292 g/mol. The Balaban J connectivity index is 1.83. The first-order chi connectivity index (χ1) is 9.63. The molecule has 3 heterocycles. The van der Waals surface area contributed by atoms with E-state index in [1.54, 1.807) is 6.20 Å². The van der Waals surface area contributed by atoms with Crippen molar-refractivity contribution in [2.75, 3.05) is 18.0 Å². The van der Waals surface area contributed by atoms with E-state index in [2.05, 4.69) is 30.0 Å². The summed E-state index contributed by atoms with van der Waals surface area (Å²) in [5.41, 5.74) is 0. The highest BCUT2D eigenvalue weighted by atomic mass is 35.5. The molecule has 1 atom stereocenters. The zero-order valence-corrected chi connectivity index (χ0v) is 12.4. The van der Waals surface area contributed by atoms with Crippen molar-refractivity contribution >= 4 is 17.4 Å². The summed E-state index contributed by atoms with van der Waals surface area (Å²) in [5, 5.41) is 7.79. The molecule has 1 unspecified atom stereocenters. The van der Waals surface area contributed by atoms with Crippen LogP contribution in [0, 0.1) is 13.8 Å². The van der Waals surface area contributed by atoms with Crippen LogP contribution in [0.1, 0.15) is 36.2 Å². The number of nitrogens with one attached hydrogen (secondary N) is 1. The topological polar surface area (TPSA) is 70.6 Å². The molecule has 2 aromatic rings. The second-order valence-corrected chi connectivity index (χ2v) is 5.56. The van der Waals surface area contributed by atoms with Crippen LogP contribution in [0.15, 0.2) is 6.20 Å². The van der Waals surface area contributed by atoms with E-state index in [9.17, 15) is 0 Å². The molecule has 1 aliphatic heterocycles. The number of aryl methyl sites for hydroxylation is 2. The molecule has 3 rings (SSSR count). The van der Waals surface area contributed by atoms with Crippen LogP contribution < -0.4 is 4.90 Å². The summed E-state index contributed by atoms with van der Waals surface area (Å²) in [6, 6.07) is 0. The van der Waals surface area contributed by atoms with Gasteiger partial charge in [0.25, 0.3) is 0 Å². The minimum atomic E-state index is 0.319. The smallest absolute Gasteiger partial charge is 0.155 e. The Hall–Kier alpha value is -1.69. The Morgan fingerprint density at radius 1 is 1.35 bits per heavy atom. The number of piperidine rings is 1. The van der Waals surface area contributed by atoms with Crippen molar-refractivity contribution in [2.45, 2.75) is 32.6 Å². The van der Waals surface area contributed by atoms with E-state index in [4.69, 9.17) is 11.6 Å². The number of hydrogen-bond acceptors (Lipinski definition) is 5. The lowest BCUT2D eigenvalue weighted by molar-refractivity contribution is 0.489. The molecule has 0 aliphatic carbocycles. The average molecular weight is 293 g/mol. The van der Waals surface area contributed by atoms with Gasteiger partial charge in [-0.2, -0.15) is 5.10 Å². The van der Waals surface area contributed by atoms with E-state index < -0.39 is 0 Å². The fourth-order valence-corrected chi connectivity index (χ4v) is 2.80. The number of rotatable bonds is 2. The van der Waals surface area contributed by atoms with Crippen molar-refractivity contribution in [2.24, 2.45) is 0 Å². The molecule has 1 aliphatic rings. The van der Waals surface area contributed by atoms with Crippen molar-refractivity contribution in [1.82, 2.24) is 25.1 Å². The first kappa shape index (κ1) is 13.3. The maximum Gasteiger partial charge on any atom is 0.155 e. The van der Waals surface area contributed by atoms with Gasteiger partial charge in [-0.15, -0.1) is 0 Å². The van der Waals surface area contributed by atoms with Gasteiger partial charge in [0.2, 0.25) is 0 Å². The lowest BCUT2D eigenvalue weighted by Crippen LogP contribution is -2.35. The van der Waals surface area contributed by atoms with Crippen LogP contribution in [-0.4, -0.2) is 38.2 Å². The first-order valence-corrected chi connectivity index (χ1v) is 7.14. The van der Waals surface area contributed by atoms with Crippen LogP contribution >= 0.6 is 11.6 Å². The quantitative estimate of drug-likeness (QED) is 0.919. The van der Waals surface area contributed by atoms with Crippen LogP contribution in [0.25, 0.3) is 0 Å². The maximum absolute atomic E-state index is 6.22. The molecule has 0 amide bonds. The lowest BCUT2D eigenvalue weighted by atomic mass is 9.97. The molecule has 1 saturated heterocycles. The van der Waals surface area contributed by atoms with Crippen molar-refractivity contribution < 1.29 is 0 Å². The van der Waals surface area contributed by atoms with E-state index in [-0.39, 0.29) is 0 Å². The van der Waals surface area contributed by atoms with Gasteiger partial charge in [0.15, 0.2) is 11.6 Å². The molecule has 7 heteroatoms. The zero-order valence-electron chi connectivity index (χ0n) is 11.6. The van der Waals surface area contributed by atoms with Crippen molar-refractivity contribution in [3.63, 3.8) is 0 Å². The normalized spacial score (nSPS) is 19.4. The first-order valence-electron chi connectivity index (χ1n) is 6.76. The van der Waals surface area contributed by atoms with Gasteiger partial charge >= 0.3 is 0 Å². The highest BCUT2D eigenvalue weighted by molar-refractivity contribution is 6.32. The van der Waals surface area contributed by atoms with E-state index in [1.807, 2.05) is 13.8 Å². The minimum Gasteiger partial charge on any atom is -0.355 e. The SMILES string of the molecule is Cc1ncc(Cl)c(N2CCCC(c3n[nH]c(C)n3)C2)n1. The summed E-state index contributed by atoms with van der Waals surface area (Å²) in [5.74, 6) is 3.61. The fourth-order valence-electron chi connectivity index (χ4n) is 2.59. The number of aromatic amines is 1. The third kappa shape index (κ3) is 2.60. The summed E-state index contributed by atoms with van der Waals surface area (Å²) >= 11 is 6.22. The Bertz CT molecular complexity index is 611. The van der Waals surface area contributed by atoms with Gasteiger partial charge in [-0.3, -0.25) is 5.10 Å². The minimum absolute atomic E-state index is 0.319. The highest BCUT2D eigenvalue weighted by Crippen LogP contribution is 2.30. The Kier molecular flexibility index (Phi) is 3.56. The van der Waals surface area contributed by atoms with Crippen LogP contribution in [-0.2, 0) is 0 Å². The molecule has 1 fully saturated rings.